The molecule has 0 aliphatic heterocycles. The Labute approximate surface area is 80.5 Å². The van der Waals surface area contributed by atoms with Crippen LogP contribution in [0.25, 0.3) is 0 Å². The molecule has 1 heterocycles. The summed E-state index contributed by atoms with van der Waals surface area (Å²) in [6.45, 7) is 2.61. The van der Waals surface area contributed by atoms with Crippen molar-refractivity contribution >= 4 is 17.8 Å². The molecule has 78 valence electrons. The molecule has 0 spiro atoms. The van der Waals surface area contributed by atoms with Crippen LogP contribution in [0.15, 0.2) is 0 Å². The maximum absolute atomic E-state index is 8.61. The molecular weight excluding hydrogens is 188 g/mol. The van der Waals surface area contributed by atoms with Crippen molar-refractivity contribution in [2.75, 3.05) is 29.5 Å². The molecule has 1 rings (SSSR count). The lowest BCUT2D eigenvalue weighted by molar-refractivity contribution is 0.374. The zero-order valence-corrected chi connectivity index (χ0v) is 7.89. The number of nitrogens with one attached hydrogen (secondary N) is 2. The molecule has 8 heteroatoms. The van der Waals surface area contributed by atoms with Gasteiger partial charge in [0.25, 0.3) is 11.9 Å². The van der Waals surface area contributed by atoms with E-state index in [1.807, 2.05) is 6.92 Å². The number of hydrogen-bond acceptors (Lipinski definition) is 8. The van der Waals surface area contributed by atoms with Gasteiger partial charge in [0, 0.05) is 13.6 Å². The minimum Gasteiger partial charge on any atom is -0.344 e. The molecule has 4 N–H and O–H groups in total. The summed E-state index contributed by atoms with van der Waals surface area (Å²) in [7, 11) is 1.78. The van der Waals surface area contributed by atoms with E-state index in [1.54, 1.807) is 22.9 Å². The lowest BCUT2D eigenvalue weighted by Crippen LogP contribution is -2.20. The van der Waals surface area contributed by atoms with Crippen molar-refractivity contribution in [1.29, 1.82) is 0 Å². The molecule has 0 fully saturated rings. The standard InChI is InChI=1S/C6H12N6O2/c1-3-12(2)6-8-4(10-13)7-5(9-6)11-14/h13-14H,3H2,1-2H3,(H2,7,8,9,10,11). The van der Waals surface area contributed by atoms with E-state index < -0.39 is 0 Å². The normalized spacial score (nSPS) is 9.71. The minimum atomic E-state index is -0.0353. The number of anilines is 3. The van der Waals surface area contributed by atoms with E-state index in [2.05, 4.69) is 15.0 Å². The van der Waals surface area contributed by atoms with Crippen LogP contribution in [0, 0.1) is 0 Å². The van der Waals surface area contributed by atoms with Crippen LogP contribution in [-0.2, 0) is 0 Å². The summed E-state index contributed by atoms with van der Waals surface area (Å²) in [5.41, 5.74) is 3.56. The third-order valence-electron chi connectivity index (χ3n) is 1.64. The van der Waals surface area contributed by atoms with Gasteiger partial charge in [0.15, 0.2) is 0 Å². The van der Waals surface area contributed by atoms with Crippen LogP contribution in [-0.4, -0.2) is 39.0 Å². The molecule has 0 saturated carbocycles. The van der Waals surface area contributed by atoms with E-state index in [0.29, 0.717) is 12.5 Å². The van der Waals surface area contributed by atoms with Crippen LogP contribution in [0.1, 0.15) is 6.92 Å². The van der Waals surface area contributed by atoms with Gasteiger partial charge in [0.1, 0.15) is 0 Å². The highest BCUT2D eigenvalue weighted by atomic mass is 16.5. The second-order valence-electron chi connectivity index (χ2n) is 2.52. The van der Waals surface area contributed by atoms with Gasteiger partial charge in [-0.1, -0.05) is 0 Å². The van der Waals surface area contributed by atoms with E-state index in [9.17, 15) is 0 Å². The van der Waals surface area contributed by atoms with Crippen LogP contribution in [0.3, 0.4) is 0 Å². The first kappa shape index (κ1) is 10.4. The van der Waals surface area contributed by atoms with Gasteiger partial charge in [-0.3, -0.25) is 10.4 Å². The summed E-state index contributed by atoms with van der Waals surface area (Å²) in [4.78, 5) is 13.1. The summed E-state index contributed by atoms with van der Waals surface area (Å²) in [5.74, 6) is 0.273. The molecule has 0 aliphatic carbocycles. The van der Waals surface area contributed by atoms with Gasteiger partial charge in [-0.2, -0.15) is 15.0 Å². The summed E-state index contributed by atoms with van der Waals surface area (Å²) < 4.78 is 0. The van der Waals surface area contributed by atoms with Gasteiger partial charge >= 0.3 is 0 Å². The Morgan fingerprint density at radius 1 is 1.14 bits per heavy atom. The second kappa shape index (κ2) is 4.53. The lowest BCUT2D eigenvalue weighted by atomic mass is 10.6. The summed E-state index contributed by atoms with van der Waals surface area (Å²) >= 11 is 0. The molecule has 1 aromatic rings. The van der Waals surface area contributed by atoms with E-state index in [-0.39, 0.29) is 11.9 Å². The lowest BCUT2D eigenvalue weighted by Gasteiger charge is -2.14. The van der Waals surface area contributed by atoms with Crippen molar-refractivity contribution in [1.82, 2.24) is 15.0 Å². The molecule has 0 radical (unpaired) electrons. The Morgan fingerprint density at radius 3 is 2.00 bits per heavy atom. The molecule has 0 atom stereocenters. The Kier molecular flexibility index (Phi) is 3.37. The zero-order valence-electron chi connectivity index (χ0n) is 7.89. The van der Waals surface area contributed by atoms with E-state index in [4.69, 9.17) is 10.4 Å². The fourth-order valence-electron chi connectivity index (χ4n) is 0.777. The molecule has 8 nitrogen and oxygen atoms in total. The molecule has 0 amide bonds. The predicted molar refractivity (Wildman–Crippen MR) is 49.6 cm³/mol. The Hall–Kier alpha value is -1.67. The smallest absolute Gasteiger partial charge is 0.253 e. The summed E-state index contributed by atoms with van der Waals surface area (Å²) in [5, 5.41) is 17.2. The first-order valence-corrected chi connectivity index (χ1v) is 3.98. The molecule has 0 aromatic carbocycles. The fraction of sp³-hybridized carbons (Fsp3) is 0.500. The van der Waals surface area contributed by atoms with Crippen molar-refractivity contribution in [3.8, 4) is 0 Å². The zero-order chi connectivity index (χ0) is 10.6. The Balaban J connectivity index is 3.04. The largest absolute Gasteiger partial charge is 0.344 e. The van der Waals surface area contributed by atoms with Crippen molar-refractivity contribution in [3.63, 3.8) is 0 Å². The van der Waals surface area contributed by atoms with E-state index in [0.717, 1.165) is 0 Å². The molecule has 0 bridgehead atoms. The summed E-state index contributed by atoms with van der Waals surface area (Å²) in [6.07, 6.45) is 0. The average Bonchev–Trinajstić information content (AvgIpc) is 2.27. The van der Waals surface area contributed by atoms with Gasteiger partial charge in [-0.15, -0.1) is 0 Å². The van der Waals surface area contributed by atoms with Crippen molar-refractivity contribution in [3.05, 3.63) is 0 Å². The van der Waals surface area contributed by atoms with Crippen LogP contribution in [0.4, 0.5) is 17.8 Å². The third-order valence-corrected chi connectivity index (χ3v) is 1.64. The first-order valence-electron chi connectivity index (χ1n) is 3.98. The maximum atomic E-state index is 8.61. The van der Waals surface area contributed by atoms with Crippen LogP contribution in [0.5, 0.6) is 0 Å². The SMILES string of the molecule is CCN(C)c1nc(NO)nc(NO)n1. The molecule has 0 aliphatic rings. The Bertz CT molecular complexity index is 284. The number of rotatable bonds is 4. The van der Waals surface area contributed by atoms with Crippen molar-refractivity contribution in [2.45, 2.75) is 6.92 Å². The highest BCUT2D eigenvalue weighted by molar-refractivity contribution is 5.41. The van der Waals surface area contributed by atoms with Gasteiger partial charge in [0.05, 0.1) is 0 Å². The Morgan fingerprint density at radius 2 is 1.64 bits per heavy atom. The van der Waals surface area contributed by atoms with E-state index in [1.165, 1.54) is 0 Å². The van der Waals surface area contributed by atoms with Crippen LogP contribution < -0.4 is 15.9 Å². The average molecular weight is 200 g/mol. The number of hydrogen-bond donors (Lipinski definition) is 4. The van der Waals surface area contributed by atoms with Gasteiger partial charge in [-0.05, 0) is 6.92 Å². The highest BCUT2D eigenvalue weighted by Crippen LogP contribution is 2.10. The van der Waals surface area contributed by atoms with Gasteiger partial charge < -0.3 is 4.90 Å². The quantitative estimate of drug-likeness (QED) is 0.500. The summed E-state index contributed by atoms with van der Waals surface area (Å²) in [6, 6.07) is 0. The second-order valence-corrected chi connectivity index (χ2v) is 2.52. The minimum absolute atomic E-state index is 0.0353. The predicted octanol–water partition coefficient (Wildman–Crippen LogP) is -0.0701. The van der Waals surface area contributed by atoms with Crippen molar-refractivity contribution < 1.29 is 10.4 Å². The topological polar surface area (TPSA) is 106 Å². The fourth-order valence-corrected chi connectivity index (χ4v) is 0.777. The molecule has 14 heavy (non-hydrogen) atoms. The number of aromatic nitrogens is 3. The number of nitrogens with zero attached hydrogens (tertiary/aromatic N) is 4. The van der Waals surface area contributed by atoms with Gasteiger partial charge in [0.2, 0.25) is 5.95 Å². The maximum Gasteiger partial charge on any atom is 0.253 e. The van der Waals surface area contributed by atoms with Gasteiger partial charge in [-0.25, -0.2) is 11.0 Å². The van der Waals surface area contributed by atoms with Crippen LogP contribution >= 0.6 is 0 Å². The van der Waals surface area contributed by atoms with Crippen LogP contribution in [0.2, 0.25) is 0 Å². The molecule has 0 unspecified atom stereocenters. The monoisotopic (exact) mass is 200 g/mol. The molecular formula is C6H12N6O2. The van der Waals surface area contributed by atoms with Crippen molar-refractivity contribution in [2.24, 2.45) is 0 Å². The highest BCUT2D eigenvalue weighted by Gasteiger charge is 2.07. The third kappa shape index (κ3) is 2.18. The first-order chi connectivity index (χ1) is 6.71. The van der Waals surface area contributed by atoms with E-state index >= 15 is 0 Å². The molecule has 1 aromatic heterocycles. The molecule has 0 saturated heterocycles.